The lowest BCUT2D eigenvalue weighted by atomic mass is 10.0. The first-order chi connectivity index (χ1) is 10.7. The molecule has 0 unspecified atom stereocenters. The number of rotatable bonds is 3. The summed E-state index contributed by atoms with van der Waals surface area (Å²) in [5, 5.41) is 0.846. The van der Waals surface area contributed by atoms with E-state index in [0.717, 1.165) is 33.5 Å². The number of hydrogen-bond acceptors (Lipinski definition) is 2. The smallest absolute Gasteiger partial charge is 0.0893 e. The number of nitrogens with zero attached hydrogens (tertiary/aromatic N) is 2. The van der Waals surface area contributed by atoms with E-state index in [0.29, 0.717) is 0 Å². The number of benzene rings is 1. The molecule has 0 aliphatic rings. The van der Waals surface area contributed by atoms with Crippen molar-refractivity contribution in [3.8, 4) is 22.6 Å². The Bertz CT molecular complexity index is 795. The first kappa shape index (κ1) is 14.9. The molecule has 0 aliphatic heterocycles. The van der Waals surface area contributed by atoms with Crippen LogP contribution in [0.1, 0.15) is 16.7 Å². The highest BCUT2D eigenvalue weighted by atomic mass is 79.9. The minimum Gasteiger partial charge on any atom is -0.254 e. The molecular weight excluding hydrogens is 336 g/mol. The van der Waals surface area contributed by atoms with Crippen molar-refractivity contribution in [1.29, 1.82) is 0 Å². The van der Waals surface area contributed by atoms with Crippen LogP contribution < -0.4 is 0 Å². The zero-order valence-corrected chi connectivity index (χ0v) is 14.3. The first-order valence-electron chi connectivity index (χ1n) is 7.23. The van der Waals surface area contributed by atoms with Gasteiger partial charge in [0.05, 0.1) is 17.1 Å². The first-order valence-corrected chi connectivity index (χ1v) is 8.35. The van der Waals surface area contributed by atoms with Crippen molar-refractivity contribution in [1.82, 2.24) is 9.97 Å². The highest BCUT2D eigenvalue weighted by Crippen LogP contribution is 2.26. The van der Waals surface area contributed by atoms with Crippen LogP contribution in [0, 0.1) is 13.8 Å². The van der Waals surface area contributed by atoms with Crippen molar-refractivity contribution in [3.63, 3.8) is 0 Å². The van der Waals surface area contributed by atoms with Gasteiger partial charge in [0.15, 0.2) is 0 Å². The molecule has 0 saturated heterocycles. The van der Waals surface area contributed by atoms with Gasteiger partial charge in [0, 0.05) is 17.1 Å². The molecule has 0 amide bonds. The molecule has 0 saturated carbocycles. The van der Waals surface area contributed by atoms with Crippen LogP contribution in [0.4, 0.5) is 0 Å². The minimum atomic E-state index is 0.846. The molecule has 0 N–H and O–H groups in total. The Morgan fingerprint density at radius 2 is 1.77 bits per heavy atom. The minimum absolute atomic E-state index is 0.846. The number of halogens is 1. The fourth-order valence-electron chi connectivity index (χ4n) is 2.38. The van der Waals surface area contributed by atoms with E-state index in [2.05, 4.69) is 64.2 Å². The van der Waals surface area contributed by atoms with Gasteiger partial charge in [0.1, 0.15) is 0 Å². The SMILES string of the molecule is Cc1ccc(-c2ccc(C)c(-c3cccc(CBr)c3)n2)nc1. The third kappa shape index (κ3) is 3.09. The van der Waals surface area contributed by atoms with E-state index in [-0.39, 0.29) is 0 Å². The van der Waals surface area contributed by atoms with Gasteiger partial charge in [-0.1, -0.05) is 46.3 Å². The fraction of sp³-hybridized carbons (Fsp3) is 0.158. The molecule has 0 bridgehead atoms. The Kier molecular flexibility index (Phi) is 4.34. The number of aromatic nitrogens is 2. The zero-order valence-electron chi connectivity index (χ0n) is 12.7. The molecule has 3 rings (SSSR count). The van der Waals surface area contributed by atoms with Gasteiger partial charge in [0.25, 0.3) is 0 Å². The standard InChI is InChI=1S/C19H17BrN2/c1-13-6-8-17(21-12-13)18-9-7-14(2)19(22-18)16-5-3-4-15(10-16)11-20/h3-10,12H,11H2,1-2H3. The molecule has 0 spiro atoms. The Hall–Kier alpha value is -2.00. The summed E-state index contributed by atoms with van der Waals surface area (Å²) >= 11 is 3.51. The van der Waals surface area contributed by atoms with E-state index < -0.39 is 0 Å². The predicted molar refractivity (Wildman–Crippen MR) is 95.0 cm³/mol. The average molecular weight is 353 g/mol. The second kappa shape index (κ2) is 6.41. The average Bonchev–Trinajstić information content (AvgIpc) is 2.56. The summed E-state index contributed by atoms with van der Waals surface area (Å²) in [6.07, 6.45) is 1.88. The van der Waals surface area contributed by atoms with Gasteiger partial charge >= 0.3 is 0 Å². The van der Waals surface area contributed by atoms with Crippen LogP contribution in [-0.4, -0.2) is 9.97 Å². The van der Waals surface area contributed by atoms with Crippen molar-refractivity contribution < 1.29 is 0 Å². The van der Waals surface area contributed by atoms with Gasteiger partial charge in [-0.3, -0.25) is 4.98 Å². The van der Waals surface area contributed by atoms with Crippen LogP contribution in [-0.2, 0) is 5.33 Å². The van der Waals surface area contributed by atoms with Gasteiger partial charge in [0.2, 0.25) is 0 Å². The van der Waals surface area contributed by atoms with Crippen molar-refractivity contribution in [2.45, 2.75) is 19.2 Å². The van der Waals surface area contributed by atoms with E-state index in [1.807, 2.05) is 25.3 Å². The van der Waals surface area contributed by atoms with Crippen LogP contribution in [0.15, 0.2) is 54.7 Å². The summed E-state index contributed by atoms with van der Waals surface area (Å²) in [6.45, 7) is 4.13. The van der Waals surface area contributed by atoms with Crippen LogP contribution in [0.3, 0.4) is 0 Å². The Balaban J connectivity index is 2.08. The second-order valence-electron chi connectivity index (χ2n) is 5.42. The van der Waals surface area contributed by atoms with Crippen molar-refractivity contribution in [3.05, 3.63) is 71.4 Å². The molecule has 0 aliphatic carbocycles. The van der Waals surface area contributed by atoms with E-state index in [1.165, 1.54) is 11.1 Å². The molecule has 3 heteroatoms. The van der Waals surface area contributed by atoms with Gasteiger partial charge in [-0.15, -0.1) is 0 Å². The lowest BCUT2D eigenvalue weighted by molar-refractivity contribution is 1.21. The summed E-state index contributed by atoms with van der Waals surface area (Å²) < 4.78 is 0. The van der Waals surface area contributed by atoms with Crippen molar-refractivity contribution in [2.24, 2.45) is 0 Å². The maximum atomic E-state index is 4.84. The largest absolute Gasteiger partial charge is 0.254 e. The van der Waals surface area contributed by atoms with Gasteiger partial charge in [-0.05, 0) is 48.7 Å². The Morgan fingerprint density at radius 1 is 0.955 bits per heavy atom. The van der Waals surface area contributed by atoms with Crippen LogP contribution in [0.5, 0.6) is 0 Å². The zero-order chi connectivity index (χ0) is 15.5. The lowest BCUT2D eigenvalue weighted by Gasteiger charge is -2.09. The molecule has 2 heterocycles. The van der Waals surface area contributed by atoms with E-state index in [9.17, 15) is 0 Å². The molecule has 0 atom stereocenters. The third-order valence-electron chi connectivity index (χ3n) is 3.63. The Morgan fingerprint density at radius 3 is 2.50 bits per heavy atom. The van der Waals surface area contributed by atoms with E-state index in [4.69, 9.17) is 4.98 Å². The second-order valence-corrected chi connectivity index (χ2v) is 5.98. The molecule has 0 fully saturated rings. The molecule has 2 nitrogen and oxygen atoms in total. The van der Waals surface area contributed by atoms with E-state index in [1.54, 1.807) is 0 Å². The quantitative estimate of drug-likeness (QED) is 0.596. The Labute approximate surface area is 139 Å². The molecule has 3 aromatic rings. The normalized spacial score (nSPS) is 10.7. The lowest BCUT2D eigenvalue weighted by Crippen LogP contribution is -1.94. The van der Waals surface area contributed by atoms with Gasteiger partial charge < -0.3 is 0 Å². The van der Waals surface area contributed by atoms with Crippen LogP contribution in [0.2, 0.25) is 0 Å². The monoisotopic (exact) mass is 352 g/mol. The predicted octanol–water partition coefficient (Wildman–Crippen LogP) is 5.32. The summed E-state index contributed by atoms with van der Waals surface area (Å²) in [6, 6.07) is 16.7. The summed E-state index contributed by atoms with van der Waals surface area (Å²) in [5.74, 6) is 0. The van der Waals surface area contributed by atoms with Crippen molar-refractivity contribution >= 4 is 15.9 Å². The molecule has 110 valence electrons. The number of hydrogen-bond donors (Lipinski definition) is 0. The highest BCUT2D eigenvalue weighted by Gasteiger charge is 2.08. The molecule has 2 aromatic heterocycles. The van der Waals surface area contributed by atoms with Gasteiger partial charge in [-0.2, -0.15) is 0 Å². The number of pyridine rings is 2. The summed E-state index contributed by atoms with van der Waals surface area (Å²) in [7, 11) is 0. The summed E-state index contributed by atoms with van der Waals surface area (Å²) in [4.78, 5) is 9.32. The number of aryl methyl sites for hydroxylation is 2. The maximum Gasteiger partial charge on any atom is 0.0893 e. The number of alkyl halides is 1. The third-order valence-corrected chi connectivity index (χ3v) is 4.27. The molecular formula is C19H17BrN2. The highest BCUT2D eigenvalue weighted by molar-refractivity contribution is 9.08. The molecule has 0 radical (unpaired) electrons. The van der Waals surface area contributed by atoms with E-state index >= 15 is 0 Å². The topological polar surface area (TPSA) is 25.8 Å². The molecule has 1 aromatic carbocycles. The summed E-state index contributed by atoms with van der Waals surface area (Å²) in [5.41, 5.74) is 7.54. The van der Waals surface area contributed by atoms with Gasteiger partial charge in [-0.25, -0.2) is 4.98 Å². The van der Waals surface area contributed by atoms with Crippen molar-refractivity contribution in [2.75, 3.05) is 0 Å². The molecule has 22 heavy (non-hydrogen) atoms. The fourth-order valence-corrected chi connectivity index (χ4v) is 2.73. The van der Waals surface area contributed by atoms with Crippen LogP contribution in [0.25, 0.3) is 22.6 Å². The van der Waals surface area contributed by atoms with Crippen LogP contribution >= 0.6 is 15.9 Å². The maximum absolute atomic E-state index is 4.84.